The van der Waals surface area contributed by atoms with Crippen LogP contribution in [-0.2, 0) is 35.2 Å². The quantitative estimate of drug-likeness (QED) is 0.134. The van der Waals surface area contributed by atoms with Crippen molar-refractivity contribution < 1.29 is 49.2 Å². The van der Waals surface area contributed by atoms with E-state index < -0.39 is 66.7 Å². The molecule has 1 aromatic carbocycles. The molecule has 0 saturated heterocycles. The van der Waals surface area contributed by atoms with Crippen LogP contribution in [0.4, 0.5) is 0 Å². The van der Waals surface area contributed by atoms with Crippen molar-refractivity contribution in [2.75, 3.05) is 6.54 Å². The molecule has 14 nitrogen and oxygen atoms in total. The summed E-state index contributed by atoms with van der Waals surface area (Å²) in [6.07, 6.45) is -1.53. The summed E-state index contributed by atoms with van der Waals surface area (Å²) in [5.74, 6) is -6.44. The van der Waals surface area contributed by atoms with E-state index in [1.807, 2.05) is 0 Å². The van der Waals surface area contributed by atoms with Crippen LogP contribution in [0.5, 0.6) is 5.75 Å². The third-order valence-electron chi connectivity index (χ3n) is 4.72. The summed E-state index contributed by atoms with van der Waals surface area (Å²) in [6, 6.07) is 1.60. The first-order valence-electron chi connectivity index (χ1n) is 10.5. The van der Waals surface area contributed by atoms with Gasteiger partial charge in [-0.25, -0.2) is 4.79 Å². The van der Waals surface area contributed by atoms with Gasteiger partial charge in [0.05, 0.1) is 12.6 Å². The second-order valence-corrected chi connectivity index (χ2v) is 7.58. The molecular weight excluding hydrogens is 468 g/mol. The SMILES string of the molecule is NC(CCC(=O)O)C(=O)NCC(=O)NC(CCC(=O)O)C(=O)NC(Cc1ccc(O)cc1)C(=O)O. The maximum Gasteiger partial charge on any atom is 0.326 e. The Balaban J connectivity index is 2.77. The van der Waals surface area contributed by atoms with Gasteiger partial charge in [0.15, 0.2) is 0 Å². The van der Waals surface area contributed by atoms with Crippen molar-refractivity contribution >= 4 is 35.6 Å². The van der Waals surface area contributed by atoms with Gasteiger partial charge in [-0.3, -0.25) is 24.0 Å². The number of carboxylic acid groups (broad SMARTS) is 3. The summed E-state index contributed by atoms with van der Waals surface area (Å²) in [6.45, 7) is -0.633. The fourth-order valence-corrected chi connectivity index (χ4v) is 2.83. The van der Waals surface area contributed by atoms with Crippen LogP contribution in [0.1, 0.15) is 31.2 Å². The van der Waals surface area contributed by atoms with Crippen molar-refractivity contribution in [3.8, 4) is 5.75 Å². The highest BCUT2D eigenvalue weighted by Crippen LogP contribution is 2.12. The number of nitrogens with one attached hydrogen (secondary N) is 3. The lowest BCUT2D eigenvalue weighted by Crippen LogP contribution is -2.54. The summed E-state index contributed by atoms with van der Waals surface area (Å²) in [4.78, 5) is 69.8. The standard InChI is InChI=1S/C21H28N4O10/c22-13(5-7-17(28)29)19(32)23-10-16(27)24-14(6-8-18(30)31)20(33)25-15(21(34)35)9-11-1-3-12(26)4-2-11/h1-4,13-15,26H,5-10,22H2,(H,23,32)(H,24,27)(H,25,33)(H,28,29)(H,30,31)(H,34,35). The van der Waals surface area contributed by atoms with Crippen molar-refractivity contribution in [3.63, 3.8) is 0 Å². The largest absolute Gasteiger partial charge is 0.508 e. The first-order valence-corrected chi connectivity index (χ1v) is 10.5. The summed E-state index contributed by atoms with van der Waals surface area (Å²) in [7, 11) is 0. The number of phenolic OH excluding ortho intramolecular Hbond substituents is 1. The van der Waals surface area contributed by atoms with E-state index in [0.29, 0.717) is 5.56 Å². The second kappa shape index (κ2) is 14.1. The number of aromatic hydroxyl groups is 1. The van der Waals surface area contributed by atoms with Gasteiger partial charge in [0.25, 0.3) is 0 Å². The van der Waals surface area contributed by atoms with Gasteiger partial charge >= 0.3 is 17.9 Å². The zero-order chi connectivity index (χ0) is 26.5. The molecule has 3 amide bonds. The molecule has 35 heavy (non-hydrogen) atoms. The molecule has 0 radical (unpaired) electrons. The molecule has 0 fully saturated rings. The van der Waals surface area contributed by atoms with Crippen molar-refractivity contribution in [3.05, 3.63) is 29.8 Å². The predicted octanol–water partition coefficient (Wildman–Crippen LogP) is -1.84. The Kier molecular flexibility index (Phi) is 11.7. The Morgan fingerprint density at radius 3 is 1.91 bits per heavy atom. The molecule has 14 heteroatoms. The molecular formula is C21H28N4O10. The van der Waals surface area contributed by atoms with Crippen LogP contribution in [0.15, 0.2) is 24.3 Å². The Hall–Kier alpha value is -4.20. The number of carbonyl (C=O) groups is 6. The van der Waals surface area contributed by atoms with E-state index >= 15 is 0 Å². The molecule has 0 spiro atoms. The van der Waals surface area contributed by atoms with Gasteiger partial charge in [0.2, 0.25) is 17.7 Å². The van der Waals surface area contributed by atoms with Gasteiger partial charge < -0.3 is 42.1 Å². The normalized spacial score (nSPS) is 13.1. The Morgan fingerprint density at radius 1 is 0.800 bits per heavy atom. The lowest BCUT2D eigenvalue weighted by atomic mass is 10.0. The van der Waals surface area contributed by atoms with Crippen LogP contribution >= 0.6 is 0 Å². The minimum atomic E-state index is -1.42. The molecule has 0 saturated carbocycles. The second-order valence-electron chi connectivity index (χ2n) is 7.58. The summed E-state index contributed by atoms with van der Waals surface area (Å²) in [5, 5.41) is 43.0. The minimum Gasteiger partial charge on any atom is -0.508 e. The number of hydrogen-bond acceptors (Lipinski definition) is 8. The number of nitrogens with two attached hydrogens (primary N) is 1. The highest BCUT2D eigenvalue weighted by atomic mass is 16.4. The molecule has 9 N–H and O–H groups in total. The van der Waals surface area contributed by atoms with Crippen molar-refractivity contribution in [2.45, 2.75) is 50.2 Å². The number of carboxylic acids is 3. The number of hydrogen-bond donors (Lipinski definition) is 8. The molecule has 0 heterocycles. The van der Waals surface area contributed by atoms with Crippen LogP contribution in [0.3, 0.4) is 0 Å². The number of rotatable bonds is 15. The number of aliphatic carboxylic acids is 3. The molecule has 0 bridgehead atoms. The van der Waals surface area contributed by atoms with E-state index in [2.05, 4.69) is 16.0 Å². The summed E-state index contributed by atoms with van der Waals surface area (Å²) in [5.41, 5.74) is 6.02. The van der Waals surface area contributed by atoms with Gasteiger partial charge in [-0.05, 0) is 30.5 Å². The van der Waals surface area contributed by atoms with Gasteiger partial charge in [-0.1, -0.05) is 12.1 Å². The molecule has 3 atom stereocenters. The van der Waals surface area contributed by atoms with Gasteiger partial charge in [0.1, 0.15) is 17.8 Å². The van der Waals surface area contributed by atoms with E-state index in [-0.39, 0.29) is 31.4 Å². The first kappa shape index (κ1) is 28.8. The van der Waals surface area contributed by atoms with Crippen LogP contribution < -0.4 is 21.7 Å². The Morgan fingerprint density at radius 2 is 1.37 bits per heavy atom. The third kappa shape index (κ3) is 11.5. The first-order chi connectivity index (χ1) is 16.4. The average molecular weight is 496 g/mol. The molecule has 0 aliphatic carbocycles. The molecule has 1 rings (SSSR count). The van der Waals surface area contributed by atoms with Crippen molar-refractivity contribution in [1.82, 2.24) is 16.0 Å². The van der Waals surface area contributed by atoms with E-state index in [1.54, 1.807) is 0 Å². The van der Waals surface area contributed by atoms with E-state index in [4.69, 9.17) is 15.9 Å². The number of phenols is 1. The maximum absolute atomic E-state index is 12.7. The Bertz CT molecular complexity index is 935. The fraction of sp³-hybridized carbons (Fsp3) is 0.429. The van der Waals surface area contributed by atoms with Gasteiger partial charge in [-0.2, -0.15) is 0 Å². The highest BCUT2D eigenvalue weighted by molar-refractivity contribution is 5.92. The monoisotopic (exact) mass is 496 g/mol. The highest BCUT2D eigenvalue weighted by Gasteiger charge is 2.27. The molecule has 0 aliphatic heterocycles. The lowest BCUT2D eigenvalue weighted by Gasteiger charge is -2.21. The molecule has 1 aromatic rings. The zero-order valence-corrected chi connectivity index (χ0v) is 18.6. The molecule has 0 aliphatic rings. The lowest BCUT2D eigenvalue weighted by molar-refractivity contribution is -0.143. The summed E-state index contributed by atoms with van der Waals surface area (Å²) >= 11 is 0. The smallest absolute Gasteiger partial charge is 0.326 e. The Labute approximate surface area is 199 Å². The van der Waals surface area contributed by atoms with Crippen LogP contribution in [0.25, 0.3) is 0 Å². The van der Waals surface area contributed by atoms with Crippen LogP contribution in [-0.4, -0.2) is 80.7 Å². The van der Waals surface area contributed by atoms with E-state index in [1.165, 1.54) is 24.3 Å². The molecule has 0 aromatic heterocycles. The van der Waals surface area contributed by atoms with Crippen molar-refractivity contribution in [2.24, 2.45) is 5.73 Å². The topological polar surface area (TPSA) is 245 Å². The third-order valence-corrected chi connectivity index (χ3v) is 4.72. The molecule has 3 unspecified atom stereocenters. The predicted molar refractivity (Wildman–Crippen MR) is 118 cm³/mol. The van der Waals surface area contributed by atoms with Gasteiger partial charge in [0, 0.05) is 19.3 Å². The van der Waals surface area contributed by atoms with E-state index in [0.717, 1.165) is 0 Å². The molecule has 192 valence electrons. The zero-order valence-electron chi connectivity index (χ0n) is 18.6. The maximum atomic E-state index is 12.7. The van der Waals surface area contributed by atoms with Gasteiger partial charge in [-0.15, -0.1) is 0 Å². The minimum absolute atomic E-state index is 0.0314. The number of carbonyl (C=O) groups excluding carboxylic acids is 3. The number of benzene rings is 1. The van der Waals surface area contributed by atoms with Crippen LogP contribution in [0.2, 0.25) is 0 Å². The fourth-order valence-electron chi connectivity index (χ4n) is 2.83. The number of amides is 3. The average Bonchev–Trinajstić information content (AvgIpc) is 2.78. The van der Waals surface area contributed by atoms with Crippen LogP contribution in [0, 0.1) is 0 Å². The van der Waals surface area contributed by atoms with E-state index in [9.17, 15) is 39.0 Å². The van der Waals surface area contributed by atoms with Crippen molar-refractivity contribution in [1.29, 1.82) is 0 Å². The summed E-state index contributed by atoms with van der Waals surface area (Å²) < 4.78 is 0.